The highest BCUT2D eigenvalue weighted by Crippen LogP contribution is 2.33. The third-order valence-electron chi connectivity index (χ3n) is 4.78. The molecule has 0 aliphatic rings. The highest BCUT2D eigenvalue weighted by Gasteiger charge is 2.27. The molecule has 4 heterocycles. The molecule has 0 fully saturated rings. The third-order valence-corrected chi connectivity index (χ3v) is 7.74. The maximum atomic E-state index is 15.2. The molecule has 5 aromatic rings. The van der Waals surface area contributed by atoms with Crippen molar-refractivity contribution < 1.29 is 26.4 Å². The van der Waals surface area contributed by atoms with Gasteiger partial charge < -0.3 is 9.40 Å². The minimum absolute atomic E-state index is 0.00543. The predicted octanol–water partition coefficient (Wildman–Crippen LogP) is 4.59. The number of benzene rings is 1. The summed E-state index contributed by atoms with van der Waals surface area (Å²) in [6, 6.07) is 7.74. The Kier molecular flexibility index (Phi) is 5.02. The first-order valence-corrected chi connectivity index (χ1v) is 11.6. The molecule has 0 aliphatic carbocycles. The summed E-state index contributed by atoms with van der Waals surface area (Å²) in [5, 5.41) is 0.380. The second kappa shape index (κ2) is 7.90. The maximum Gasteiger partial charge on any atom is 0.271 e. The minimum Gasteiger partial charge on any atom is -0.443 e. The Labute approximate surface area is 189 Å². The standard InChI is InChI=1S/C21H12F2N4O4S2/c22-13-3-4-14(27-33(29,30)17-6-5-16(32-17)15-9-24-10-31-15)19(23)18(13)20(28)12-8-26-21-11(12)2-1-7-25-21/h1-10,27H,(H,25,26). The van der Waals surface area contributed by atoms with Gasteiger partial charge in [-0.25, -0.2) is 27.2 Å². The number of pyridine rings is 1. The topological polar surface area (TPSA) is 118 Å². The van der Waals surface area contributed by atoms with Crippen LogP contribution in [0, 0.1) is 11.6 Å². The summed E-state index contributed by atoms with van der Waals surface area (Å²) in [5.41, 5.74) is -1.06. The van der Waals surface area contributed by atoms with Crippen LogP contribution in [0.3, 0.4) is 0 Å². The summed E-state index contributed by atoms with van der Waals surface area (Å²) in [7, 11) is -4.23. The summed E-state index contributed by atoms with van der Waals surface area (Å²) in [5.74, 6) is -3.03. The Hall–Kier alpha value is -3.90. The van der Waals surface area contributed by atoms with Crippen molar-refractivity contribution in [3.63, 3.8) is 0 Å². The quantitative estimate of drug-likeness (QED) is 0.339. The zero-order valence-electron chi connectivity index (χ0n) is 16.4. The summed E-state index contributed by atoms with van der Waals surface area (Å²) < 4.78 is 62.4. The van der Waals surface area contributed by atoms with Gasteiger partial charge in [0.2, 0.25) is 5.78 Å². The van der Waals surface area contributed by atoms with Crippen LogP contribution in [0.4, 0.5) is 14.5 Å². The molecule has 0 atom stereocenters. The Morgan fingerprint density at radius 2 is 2.00 bits per heavy atom. The number of rotatable bonds is 6. The Morgan fingerprint density at radius 1 is 1.15 bits per heavy atom. The summed E-state index contributed by atoms with van der Waals surface area (Å²) in [6.45, 7) is 0. The van der Waals surface area contributed by atoms with Crippen LogP contribution in [-0.2, 0) is 10.0 Å². The second-order valence-electron chi connectivity index (χ2n) is 6.80. The molecule has 0 spiro atoms. The number of sulfonamides is 1. The number of H-pyrrole nitrogens is 1. The minimum atomic E-state index is -4.23. The smallest absolute Gasteiger partial charge is 0.271 e. The van der Waals surface area contributed by atoms with E-state index < -0.39 is 38.7 Å². The Bertz CT molecular complexity index is 1610. The number of oxazole rings is 1. The molecular weight excluding hydrogens is 474 g/mol. The number of carbonyl (C=O) groups is 1. The van der Waals surface area contributed by atoms with Gasteiger partial charge >= 0.3 is 0 Å². The molecule has 1 aromatic carbocycles. The Balaban J connectivity index is 1.50. The summed E-state index contributed by atoms with van der Waals surface area (Å²) >= 11 is 0.877. The molecule has 0 amide bonds. The lowest BCUT2D eigenvalue weighted by Crippen LogP contribution is -2.15. The molecule has 0 unspecified atom stereocenters. The number of anilines is 1. The van der Waals surface area contributed by atoms with Crippen LogP contribution in [0.2, 0.25) is 0 Å². The van der Waals surface area contributed by atoms with E-state index in [0.717, 1.165) is 23.5 Å². The zero-order chi connectivity index (χ0) is 23.2. The third kappa shape index (κ3) is 3.68. The van der Waals surface area contributed by atoms with Gasteiger partial charge in [-0.3, -0.25) is 9.52 Å². The average molecular weight is 486 g/mol. The van der Waals surface area contributed by atoms with E-state index >= 15 is 4.39 Å². The molecular formula is C21H12F2N4O4S2. The highest BCUT2D eigenvalue weighted by atomic mass is 32.2. The van der Waals surface area contributed by atoms with Crippen molar-refractivity contribution in [2.24, 2.45) is 0 Å². The van der Waals surface area contributed by atoms with E-state index in [4.69, 9.17) is 4.42 Å². The van der Waals surface area contributed by atoms with Gasteiger partial charge in [0.1, 0.15) is 15.7 Å². The number of nitrogens with one attached hydrogen (secondary N) is 2. The maximum absolute atomic E-state index is 15.2. The van der Waals surface area contributed by atoms with Gasteiger partial charge in [-0.05, 0) is 36.4 Å². The molecule has 2 N–H and O–H groups in total. The SMILES string of the molecule is O=C(c1c(F)ccc(NS(=O)(=O)c2ccc(-c3cnco3)s2)c1F)c1c[nH]c2ncccc12. The number of aromatic amines is 1. The van der Waals surface area contributed by atoms with Crippen molar-refractivity contribution in [1.29, 1.82) is 0 Å². The first-order chi connectivity index (χ1) is 15.8. The van der Waals surface area contributed by atoms with Gasteiger partial charge in [0.05, 0.1) is 22.3 Å². The van der Waals surface area contributed by atoms with Crippen LogP contribution in [0.1, 0.15) is 15.9 Å². The fourth-order valence-electron chi connectivity index (χ4n) is 3.25. The van der Waals surface area contributed by atoms with E-state index in [9.17, 15) is 17.6 Å². The van der Waals surface area contributed by atoms with Crippen molar-refractivity contribution in [3.8, 4) is 10.6 Å². The predicted molar refractivity (Wildman–Crippen MR) is 117 cm³/mol. The lowest BCUT2D eigenvalue weighted by molar-refractivity contribution is 0.103. The molecule has 0 bridgehead atoms. The van der Waals surface area contributed by atoms with Gasteiger partial charge in [0, 0.05) is 23.3 Å². The summed E-state index contributed by atoms with van der Waals surface area (Å²) in [6.07, 6.45) is 5.43. The monoisotopic (exact) mass is 486 g/mol. The molecule has 5 rings (SSSR count). The van der Waals surface area contributed by atoms with E-state index in [2.05, 4.69) is 19.7 Å². The number of hydrogen-bond acceptors (Lipinski definition) is 7. The van der Waals surface area contributed by atoms with Crippen LogP contribution < -0.4 is 4.72 Å². The molecule has 0 saturated carbocycles. The van der Waals surface area contributed by atoms with Crippen LogP contribution in [0.5, 0.6) is 0 Å². The lowest BCUT2D eigenvalue weighted by Gasteiger charge is -2.11. The largest absolute Gasteiger partial charge is 0.443 e. The Morgan fingerprint density at radius 3 is 2.79 bits per heavy atom. The molecule has 166 valence electrons. The number of hydrogen-bond donors (Lipinski definition) is 2. The van der Waals surface area contributed by atoms with Crippen molar-refractivity contribution in [3.05, 3.63) is 84.1 Å². The lowest BCUT2D eigenvalue weighted by atomic mass is 10.0. The van der Waals surface area contributed by atoms with E-state index in [0.29, 0.717) is 21.7 Å². The normalized spacial score (nSPS) is 11.7. The second-order valence-corrected chi connectivity index (χ2v) is 9.80. The number of fused-ring (bicyclic) bond motifs is 1. The van der Waals surface area contributed by atoms with Crippen molar-refractivity contribution in [2.75, 3.05) is 4.72 Å². The van der Waals surface area contributed by atoms with E-state index in [1.807, 2.05) is 0 Å². The van der Waals surface area contributed by atoms with E-state index in [-0.39, 0.29) is 9.77 Å². The summed E-state index contributed by atoms with van der Waals surface area (Å²) in [4.78, 5) is 24.1. The van der Waals surface area contributed by atoms with Gasteiger partial charge in [0.25, 0.3) is 10.0 Å². The van der Waals surface area contributed by atoms with Crippen LogP contribution >= 0.6 is 11.3 Å². The molecule has 12 heteroatoms. The zero-order valence-corrected chi connectivity index (χ0v) is 18.0. The van der Waals surface area contributed by atoms with Crippen molar-refractivity contribution >= 4 is 43.9 Å². The van der Waals surface area contributed by atoms with Crippen molar-refractivity contribution in [1.82, 2.24) is 15.0 Å². The van der Waals surface area contributed by atoms with Gasteiger partial charge in [-0.1, -0.05) is 0 Å². The number of aromatic nitrogens is 3. The number of carbonyl (C=O) groups excluding carboxylic acids is 1. The molecule has 8 nitrogen and oxygen atoms in total. The van der Waals surface area contributed by atoms with Crippen LogP contribution in [-0.4, -0.2) is 29.2 Å². The van der Waals surface area contributed by atoms with Crippen molar-refractivity contribution in [2.45, 2.75) is 4.21 Å². The van der Waals surface area contributed by atoms with Crippen LogP contribution in [0.25, 0.3) is 21.7 Å². The molecule has 0 aliphatic heterocycles. The fraction of sp³-hybridized carbons (Fsp3) is 0. The van der Waals surface area contributed by atoms with E-state index in [1.54, 1.807) is 12.1 Å². The molecule has 4 aromatic heterocycles. The van der Waals surface area contributed by atoms with Gasteiger partial charge in [0.15, 0.2) is 18.0 Å². The van der Waals surface area contributed by atoms with Gasteiger partial charge in [-0.2, -0.15) is 0 Å². The van der Waals surface area contributed by atoms with E-state index in [1.165, 1.54) is 37.1 Å². The first-order valence-electron chi connectivity index (χ1n) is 9.31. The number of nitrogens with zero attached hydrogens (tertiary/aromatic N) is 2. The number of thiophene rings is 1. The average Bonchev–Trinajstić information content (AvgIpc) is 3.55. The first kappa shape index (κ1) is 21.0. The molecule has 33 heavy (non-hydrogen) atoms. The van der Waals surface area contributed by atoms with Crippen LogP contribution in [0.15, 0.2) is 70.0 Å². The molecule has 0 saturated heterocycles. The fourth-order valence-corrected chi connectivity index (χ4v) is 5.57. The number of halogens is 2. The number of ketones is 1. The van der Waals surface area contributed by atoms with Gasteiger partial charge in [-0.15, -0.1) is 11.3 Å². The highest BCUT2D eigenvalue weighted by molar-refractivity contribution is 7.94. The molecule has 0 radical (unpaired) electrons.